The second-order valence-corrected chi connectivity index (χ2v) is 7.03. The number of carboxylic acids is 1. The van der Waals surface area contributed by atoms with E-state index in [0.29, 0.717) is 11.7 Å². The molecule has 1 aromatic rings. The van der Waals surface area contributed by atoms with Gasteiger partial charge in [-0.25, -0.2) is 0 Å². The molecule has 2 rings (SSSR count). The minimum Gasteiger partial charge on any atom is -0.507 e. The molecule has 1 aromatic carbocycles. The van der Waals surface area contributed by atoms with Gasteiger partial charge in [0.2, 0.25) is 0 Å². The van der Waals surface area contributed by atoms with E-state index in [1.54, 1.807) is 0 Å². The van der Waals surface area contributed by atoms with E-state index in [2.05, 4.69) is 20.8 Å². The van der Waals surface area contributed by atoms with Crippen molar-refractivity contribution in [3.63, 3.8) is 0 Å². The third-order valence-electron chi connectivity index (χ3n) is 4.14. The second kappa shape index (κ2) is 5.12. The van der Waals surface area contributed by atoms with E-state index in [1.165, 1.54) is 0 Å². The number of hydrogen-bond donors (Lipinski definition) is 2. The summed E-state index contributed by atoms with van der Waals surface area (Å²) in [7, 11) is 0. The first-order valence-corrected chi connectivity index (χ1v) is 7.26. The van der Waals surface area contributed by atoms with Crippen molar-refractivity contribution in [2.24, 2.45) is 5.92 Å². The van der Waals surface area contributed by atoms with Gasteiger partial charge >= 0.3 is 5.97 Å². The molecule has 3 heteroatoms. The van der Waals surface area contributed by atoms with Gasteiger partial charge in [0.1, 0.15) is 5.75 Å². The van der Waals surface area contributed by atoms with E-state index in [9.17, 15) is 9.90 Å². The van der Waals surface area contributed by atoms with Crippen molar-refractivity contribution in [2.75, 3.05) is 0 Å². The number of carboxylic acid groups (broad SMARTS) is 1. The first-order valence-electron chi connectivity index (χ1n) is 7.26. The third kappa shape index (κ3) is 3.14. The van der Waals surface area contributed by atoms with Crippen LogP contribution in [0.25, 0.3) is 0 Å². The molecule has 1 aliphatic carbocycles. The molecule has 1 saturated carbocycles. The van der Waals surface area contributed by atoms with Crippen molar-refractivity contribution in [2.45, 2.75) is 58.3 Å². The molecule has 3 nitrogen and oxygen atoms in total. The Bertz CT molecular complexity index is 522. The molecule has 0 aromatic heterocycles. The number of phenolic OH excluding ortho intramolecular Hbond substituents is 1. The highest BCUT2D eigenvalue weighted by atomic mass is 16.4. The van der Waals surface area contributed by atoms with Gasteiger partial charge in [0.05, 0.1) is 6.42 Å². The van der Waals surface area contributed by atoms with Crippen LogP contribution in [0.15, 0.2) is 12.1 Å². The summed E-state index contributed by atoms with van der Waals surface area (Å²) in [6.07, 6.45) is 2.41. The SMILES string of the molecule is Cc1cc(C(CC(=O)O)C2CC2)cc(C(C)(C)C)c1O. The number of hydrogen-bond acceptors (Lipinski definition) is 2. The van der Waals surface area contributed by atoms with Crippen molar-refractivity contribution in [3.8, 4) is 5.75 Å². The number of aryl methyl sites for hydroxylation is 1. The van der Waals surface area contributed by atoms with Gasteiger partial charge < -0.3 is 10.2 Å². The highest BCUT2D eigenvalue weighted by Gasteiger charge is 2.34. The van der Waals surface area contributed by atoms with Crippen LogP contribution in [0.5, 0.6) is 5.75 Å². The first kappa shape index (κ1) is 14.9. The van der Waals surface area contributed by atoms with Gasteiger partial charge in [0, 0.05) is 0 Å². The summed E-state index contributed by atoms with van der Waals surface area (Å²) in [5.41, 5.74) is 2.66. The van der Waals surface area contributed by atoms with Gasteiger partial charge in [-0.05, 0) is 53.7 Å². The minimum absolute atomic E-state index is 0.0768. The Hall–Kier alpha value is -1.51. The molecule has 1 aliphatic rings. The number of aliphatic carboxylic acids is 1. The lowest BCUT2D eigenvalue weighted by Gasteiger charge is -2.25. The van der Waals surface area contributed by atoms with Crippen LogP contribution in [0, 0.1) is 12.8 Å². The quantitative estimate of drug-likeness (QED) is 0.875. The number of aromatic hydroxyl groups is 1. The summed E-state index contributed by atoms with van der Waals surface area (Å²) < 4.78 is 0. The number of carbonyl (C=O) groups is 1. The predicted molar refractivity (Wildman–Crippen MR) is 79.3 cm³/mol. The zero-order chi connectivity index (χ0) is 15.1. The zero-order valence-corrected chi connectivity index (χ0v) is 12.7. The van der Waals surface area contributed by atoms with Crippen molar-refractivity contribution < 1.29 is 15.0 Å². The average molecular weight is 276 g/mol. The van der Waals surface area contributed by atoms with Crippen LogP contribution in [-0.4, -0.2) is 16.2 Å². The Morgan fingerprint density at radius 1 is 1.35 bits per heavy atom. The highest BCUT2D eigenvalue weighted by Crippen LogP contribution is 2.46. The molecule has 0 amide bonds. The summed E-state index contributed by atoms with van der Waals surface area (Å²) in [4.78, 5) is 11.1. The van der Waals surface area contributed by atoms with Crippen LogP contribution in [0.2, 0.25) is 0 Å². The monoisotopic (exact) mass is 276 g/mol. The minimum atomic E-state index is -0.745. The van der Waals surface area contributed by atoms with E-state index in [4.69, 9.17) is 5.11 Å². The Morgan fingerprint density at radius 2 is 1.95 bits per heavy atom. The topological polar surface area (TPSA) is 57.5 Å². The molecule has 0 spiro atoms. The highest BCUT2D eigenvalue weighted by molar-refractivity contribution is 5.68. The van der Waals surface area contributed by atoms with Crippen molar-refractivity contribution in [1.29, 1.82) is 0 Å². The van der Waals surface area contributed by atoms with Gasteiger partial charge in [-0.1, -0.05) is 32.9 Å². The van der Waals surface area contributed by atoms with Crippen LogP contribution in [0.1, 0.15) is 62.6 Å². The van der Waals surface area contributed by atoms with E-state index in [-0.39, 0.29) is 17.8 Å². The van der Waals surface area contributed by atoms with Crippen molar-refractivity contribution in [3.05, 3.63) is 28.8 Å². The molecule has 110 valence electrons. The lowest BCUT2D eigenvalue weighted by atomic mass is 9.81. The molecule has 1 atom stereocenters. The normalized spacial score (nSPS) is 17.0. The van der Waals surface area contributed by atoms with Crippen LogP contribution in [-0.2, 0) is 10.2 Å². The lowest BCUT2D eigenvalue weighted by molar-refractivity contribution is -0.137. The fourth-order valence-electron chi connectivity index (χ4n) is 2.84. The zero-order valence-electron chi connectivity index (χ0n) is 12.7. The fourth-order valence-corrected chi connectivity index (χ4v) is 2.84. The molecule has 1 fully saturated rings. The van der Waals surface area contributed by atoms with E-state index >= 15 is 0 Å². The molecule has 20 heavy (non-hydrogen) atoms. The maximum Gasteiger partial charge on any atom is 0.303 e. The van der Waals surface area contributed by atoms with Crippen LogP contribution in [0.4, 0.5) is 0 Å². The predicted octanol–water partition coefficient (Wildman–Crippen LogP) is 3.97. The molecule has 1 unspecified atom stereocenters. The Morgan fingerprint density at radius 3 is 2.40 bits per heavy atom. The van der Waals surface area contributed by atoms with E-state index < -0.39 is 5.97 Å². The molecular weight excluding hydrogens is 252 g/mol. The van der Waals surface area contributed by atoms with Crippen LogP contribution < -0.4 is 0 Å². The van der Waals surface area contributed by atoms with Gasteiger partial charge in [-0.2, -0.15) is 0 Å². The lowest BCUT2D eigenvalue weighted by Crippen LogP contribution is -2.15. The molecule has 0 aliphatic heterocycles. The largest absolute Gasteiger partial charge is 0.507 e. The van der Waals surface area contributed by atoms with Gasteiger partial charge in [-0.15, -0.1) is 0 Å². The third-order valence-corrected chi connectivity index (χ3v) is 4.14. The Kier molecular flexibility index (Phi) is 3.81. The van der Waals surface area contributed by atoms with Crippen molar-refractivity contribution in [1.82, 2.24) is 0 Å². The maximum atomic E-state index is 11.1. The summed E-state index contributed by atoms with van der Waals surface area (Å²) in [6.45, 7) is 8.08. The second-order valence-electron chi connectivity index (χ2n) is 7.03. The fraction of sp³-hybridized carbons (Fsp3) is 0.588. The molecule has 0 saturated heterocycles. The van der Waals surface area contributed by atoms with Crippen LogP contribution >= 0.6 is 0 Å². The van der Waals surface area contributed by atoms with Gasteiger partial charge in [-0.3, -0.25) is 4.79 Å². The number of phenols is 1. The smallest absolute Gasteiger partial charge is 0.303 e. The molecular formula is C17H24O3. The molecule has 0 heterocycles. The molecule has 0 bridgehead atoms. The average Bonchev–Trinajstić information content (AvgIpc) is 3.11. The Balaban J connectivity index is 2.45. The van der Waals surface area contributed by atoms with Gasteiger partial charge in [0.15, 0.2) is 0 Å². The van der Waals surface area contributed by atoms with Crippen LogP contribution in [0.3, 0.4) is 0 Å². The number of rotatable bonds is 4. The van der Waals surface area contributed by atoms with Crippen molar-refractivity contribution >= 4 is 5.97 Å². The summed E-state index contributed by atoms with van der Waals surface area (Å²) in [5, 5.41) is 19.4. The number of benzene rings is 1. The standard InChI is InChI=1S/C17H24O3/c1-10-7-12(8-14(16(10)20)17(2,3)4)13(9-15(18)19)11-5-6-11/h7-8,11,13,20H,5-6,9H2,1-4H3,(H,18,19). The first-order chi connectivity index (χ1) is 9.20. The van der Waals surface area contributed by atoms with Gasteiger partial charge in [0.25, 0.3) is 0 Å². The summed E-state index contributed by atoms with van der Waals surface area (Å²) in [5.74, 6) is 0.159. The Labute approximate surface area is 120 Å². The molecule has 2 N–H and O–H groups in total. The van der Waals surface area contributed by atoms with E-state index in [1.807, 2.05) is 19.1 Å². The summed E-state index contributed by atoms with van der Waals surface area (Å²) in [6, 6.07) is 3.96. The maximum absolute atomic E-state index is 11.1. The summed E-state index contributed by atoms with van der Waals surface area (Å²) >= 11 is 0. The molecule has 0 radical (unpaired) electrons. The van der Waals surface area contributed by atoms with E-state index in [0.717, 1.165) is 29.5 Å².